The fourth-order valence-electron chi connectivity index (χ4n) is 3.10. The molecule has 0 bridgehead atoms. The van der Waals surface area contributed by atoms with E-state index in [1.54, 1.807) is 0 Å². The van der Waals surface area contributed by atoms with Gasteiger partial charge in [0.25, 0.3) is 0 Å². The van der Waals surface area contributed by atoms with Crippen LogP contribution < -0.4 is 21.2 Å². The molecule has 0 aromatic carbocycles. The first-order valence-corrected chi connectivity index (χ1v) is 10.6. The molecular formula is C15H21ClIN2O-. The van der Waals surface area contributed by atoms with Gasteiger partial charge in [-0.25, -0.2) is 0 Å². The topological polar surface area (TPSA) is 35.8 Å². The second-order valence-corrected chi connectivity index (χ2v) is 9.27. The first-order chi connectivity index (χ1) is 9.83. The Hall–Kier alpha value is -0.0700. The van der Waals surface area contributed by atoms with Crippen molar-refractivity contribution < 1.29 is 26.3 Å². The van der Waals surface area contributed by atoms with Gasteiger partial charge in [0.1, 0.15) is 0 Å². The van der Waals surface area contributed by atoms with Crippen LogP contribution in [0.15, 0.2) is 28.4 Å². The molecule has 1 saturated heterocycles. The molecule has 112 valence electrons. The molecule has 2 aliphatic heterocycles. The molecular weight excluding hydrogens is 387 g/mol. The van der Waals surface area contributed by atoms with Crippen molar-refractivity contribution in [3.63, 3.8) is 0 Å². The van der Waals surface area contributed by atoms with Gasteiger partial charge in [0.15, 0.2) is 0 Å². The van der Waals surface area contributed by atoms with Gasteiger partial charge in [0.05, 0.1) is 0 Å². The number of allylic oxidation sites excluding steroid dienone is 1. The molecule has 2 heterocycles. The van der Waals surface area contributed by atoms with E-state index < -0.39 is 0 Å². The number of hydrogen-bond donors (Lipinski definition) is 1. The third-order valence-electron chi connectivity index (χ3n) is 4.15. The van der Waals surface area contributed by atoms with Crippen LogP contribution in [0.5, 0.6) is 0 Å². The zero-order chi connectivity index (χ0) is 13.9. The summed E-state index contributed by atoms with van der Waals surface area (Å²) in [6.07, 6.45) is 10.6. The number of rotatable bonds is 5. The Morgan fingerprint density at radius 2 is 2.20 bits per heavy atom. The Kier molecular flexibility index (Phi) is 5.04. The Labute approximate surface area is 136 Å². The van der Waals surface area contributed by atoms with Crippen molar-refractivity contribution in [2.45, 2.75) is 42.1 Å². The standard InChI is InChI=1S/C15H21ClIN2O/c16-10-18-15-11(5-6-12-8-17-12)7-14(9-20)19(15)13-3-1-2-4-13/h5,7,12-13,20H,1-4,6,8-10H2/q-1/b11-5-,18-15?. The predicted molar refractivity (Wildman–Crippen MR) is 78.8 cm³/mol. The molecule has 5 heteroatoms. The van der Waals surface area contributed by atoms with E-state index in [9.17, 15) is 5.11 Å². The third-order valence-corrected chi connectivity index (χ3v) is 6.90. The summed E-state index contributed by atoms with van der Waals surface area (Å²) >= 11 is 6.36. The molecule has 3 aliphatic rings. The molecule has 1 atom stereocenters. The van der Waals surface area contributed by atoms with E-state index in [-0.39, 0.29) is 6.61 Å². The average molecular weight is 408 g/mol. The molecule has 1 unspecified atom stereocenters. The Bertz CT molecular complexity index is 451. The van der Waals surface area contributed by atoms with Crippen LogP contribution in [0, 0.1) is 0 Å². The van der Waals surface area contributed by atoms with Crippen LogP contribution in [-0.4, -0.2) is 42.8 Å². The number of nitrogens with zero attached hydrogens (tertiary/aromatic N) is 2. The third kappa shape index (κ3) is 3.22. The number of alkyl halides is 3. The average Bonchev–Trinajstić information content (AvgIpc) is 3.00. The van der Waals surface area contributed by atoms with Crippen molar-refractivity contribution in [1.82, 2.24) is 4.90 Å². The molecule has 0 amide bonds. The minimum absolute atomic E-state index is 0.0888. The Balaban J connectivity index is 1.84. The van der Waals surface area contributed by atoms with Gasteiger partial charge >= 0.3 is 136 Å². The van der Waals surface area contributed by atoms with E-state index in [0.717, 1.165) is 15.5 Å². The van der Waals surface area contributed by atoms with Gasteiger partial charge in [0.2, 0.25) is 0 Å². The summed E-state index contributed by atoms with van der Waals surface area (Å²) < 4.78 is 2.44. The first kappa shape index (κ1) is 14.9. The molecule has 20 heavy (non-hydrogen) atoms. The Morgan fingerprint density at radius 3 is 2.80 bits per heavy atom. The number of hydrogen-bond acceptors (Lipinski definition) is 2. The van der Waals surface area contributed by atoms with Gasteiger partial charge in [-0.2, -0.15) is 0 Å². The minimum atomic E-state index is 0.0888. The van der Waals surface area contributed by atoms with E-state index in [1.165, 1.54) is 42.1 Å². The van der Waals surface area contributed by atoms with E-state index in [4.69, 9.17) is 11.6 Å². The summed E-state index contributed by atoms with van der Waals surface area (Å²) in [5.41, 5.74) is 2.18. The number of amidine groups is 1. The zero-order valence-corrected chi connectivity index (χ0v) is 14.5. The maximum absolute atomic E-state index is 9.67. The molecule has 1 aliphatic carbocycles. The van der Waals surface area contributed by atoms with Crippen LogP contribution in [0.1, 0.15) is 32.1 Å². The first-order valence-electron chi connectivity index (χ1n) is 7.33. The molecule has 2 fully saturated rings. The van der Waals surface area contributed by atoms with Gasteiger partial charge in [-0.3, -0.25) is 0 Å². The molecule has 0 spiro atoms. The summed E-state index contributed by atoms with van der Waals surface area (Å²) in [7, 11) is 0. The van der Waals surface area contributed by atoms with E-state index in [0.29, 0.717) is 33.3 Å². The summed E-state index contributed by atoms with van der Waals surface area (Å²) in [6, 6.07) is 0.785. The quantitative estimate of drug-likeness (QED) is 0.379. The molecule has 1 saturated carbocycles. The van der Waals surface area contributed by atoms with Crippen LogP contribution in [0.2, 0.25) is 0 Å². The summed E-state index contributed by atoms with van der Waals surface area (Å²) in [6.45, 7) is 0.0888. The van der Waals surface area contributed by atoms with Gasteiger partial charge < -0.3 is 0 Å². The second kappa shape index (κ2) is 6.79. The molecule has 1 N–H and O–H groups in total. The van der Waals surface area contributed by atoms with Crippen LogP contribution in [0.3, 0.4) is 0 Å². The van der Waals surface area contributed by atoms with E-state index >= 15 is 0 Å². The van der Waals surface area contributed by atoms with Gasteiger partial charge in [-0.05, 0) is 0 Å². The van der Waals surface area contributed by atoms with E-state index in [2.05, 4.69) is 22.0 Å². The fraction of sp³-hybridized carbons (Fsp3) is 0.667. The molecule has 0 aromatic rings. The van der Waals surface area contributed by atoms with Gasteiger partial charge in [-0.1, -0.05) is 0 Å². The number of aliphatic hydroxyl groups excluding tert-OH is 1. The number of aliphatic imine (C=N–C) groups is 1. The van der Waals surface area contributed by atoms with Gasteiger partial charge in [-0.15, -0.1) is 0 Å². The van der Waals surface area contributed by atoms with Crippen LogP contribution in [0.25, 0.3) is 0 Å². The van der Waals surface area contributed by atoms with Crippen LogP contribution in [0.4, 0.5) is 0 Å². The van der Waals surface area contributed by atoms with Crippen LogP contribution in [-0.2, 0) is 0 Å². The molecule has 0 aromatic heterocycles. The normalized spacial score (nSPS) is 31.0. The summed E-state index contributed by atoms with van der Waals surface area (Å²) in [4.78, 5) is 6.77. The van der Waals surface area contributed by atoms with Gasteiger partial charge in [0, 0.05) is 0 Å². The van der Waals surface area contributed by atoms with Crippen molar-refractivity contribution in [2.24, 2.45) is 4.99 Å². The van der Waals surface area contributed by atoms with Crippen molar-refractivity contribution in [1.29, 1.82) is 0 Å². The fourth-order valence-corrected chi connectivity index (χ4v) is 4.54. The number of aliphatic hydroxyl groups is 1. The molecule has 3 rings (SSSR count). The maximum atomic E-state index is 9.67. The van der Waals surface area contributed by atoms with E-state index in [1.807, 2.05) is 0 Å². The summed E-state index contributed by atoms with van der Waals surface area (Å²) in [5, 5.41) is 9.67. The summed E-state index contributed by atoms with van der Waals surface area (Å²) in [5.74, 6) is 0.995. The number of halogens is 2. The van der Waals surface area contributed by atoms with Crippen molar-refractivity contribution in [3.8, 4) is 0 Å². The SMILES string of the molecule is OCC1=C/C(=C/CC2C[I-]2)C(=NCCl)N1C1CCCC1. The molecule has 3 nitrogen and oxygen atoms in total. The van der Waals surface area contributed by atoms with Crippen molar-refractivity contribution >= 4 is 17.4 Å². The van der Waals surface area contributed by atoms with Crippen molar-refractivity contribution in [3.05, 3.63) is 23.4 Å². The second-order valence-electron chi connectivity index (χ2n) is 5.50. The monoisotopic (exact) mass is 407 g/mol. The Morgan fingerprint density at radius 1 is 1.45 bits per heavy atom. The van der Waals surface area contributed by atoms with Crippen molar-refractivity contribution in [2.75, 3.05) is 17.0 Å². The molecule has 0 radical (unpaired) electrons. The predicted octanol–water partition coefficient (Wildman–Crippen LogP) is -0.497. The van der Waals surface area contributed by atoms with Crippen LogP contribution >= 0.6 is 11.6 Å². The zero-order valence-electron chi connectivity index (χ0n) is 11.6.